The Morgan fingerprint density at radius 1 is 0.655 bits per heavy atom. The molecule has 1 saturated carbocycles. The molecule has 0 heterocycles. The predicted molar refractivity (Wildman–Crippen MR) is 140 cm³/mol. The van der Waals surface area contributed by atoms with Gasteiger partial charge in [0.05, 0.1) is 0 Å². The Kier molecular flexibility index (Phi) is 32.5. The summed E-state index contributed by atoms with van der Waals surface area (Å²) in [6.07, 6.45) is 21.2. The van der Waals surface area contributed by atoms with Gasteiger partial charge >= 0.3 is 0 Å². The van der Waals surface area contributed by atoms with Crippen molar-refractivity contribution < 1.29 is 0 Å². The fourth-order valence-electron chi connectivity index (χ4n) is 3.79. The summed E-state index contributed by atoms with van der Waals surface area (Å²) in [6.45, 7) is 22.7. The summed E-state index contributed by atoms with van der Waals surface area (Å²) in [5, 5.41) is 0. The first-order valence-corrected chi connectivity index (χ1v) is 13.9. The Hall–Kier alpha value is 0. The molecular formula is C29H64. The first-order chi connectivity index (χ1) is 13.9. The van der Waals surface area contributed by atoms with E-state index in [-0.39, 0.29) is 0 Å². The highest BCUT2D eigenvalue weighted by molar-refractivity contribution is 4.73. The van der Waals surface area contributed by atoms with Gasteiger partial charge in [-0.1, -0.05) is 159 Å². The Labute approximate surface area is 189 Å². The third-order valence-corrected chi connectivity index (χ3v) is 6.02. The maximum absolute atomic E-state index is 2.38. The number of hydrogen-bond acceptors (Lipinski definition) is 0. The molecular weight excluding hydrogens is 348 g/mol. The molecule has 0 amide bonds. The monoisotopic (exact) mass is 413 g/mol. The molecule has 1 fully saturated rings. The van der Waals surface area contributed by atoms with Gasteiger partial charge < -0.3 is 0 Å². The first-order valence-electron chi connectivity index (χ1n) is 13.9. The molecule has 0 heteroatoms. The van der Waals surface area contributed by atoms with E-state index in [0.29, 0.717) is 0 Å². The van der Waals surface area contributed by atoms with E-state index in [2.05, 4.69) is 69.2 Å². The number of hydrogen-bond donors (Lipinski definition) is 0. The lowest BCUT2D eigenvalue weighted by Crippen LogP contribution is -2.18. The van der Waals surface area contributed by atoms with Gasteiger partial charge in [0, 0.05) is 0 Å². The smallest absolute Gasteiger partial charge is 0.0389 e. The van der Waals surface area contributed by atoms with Crippen molar-refractivity contribution in [2.24, 2.45) is 23.7 Å². The first kappa shape index (κ1) is 33.6. The van der Waals surface area contributed by atoms with Crippen LogP contribution in [0.2, 0.25) is 0 Å². The maximum Gasteiger partial charge on any atom is -0.0389 e. The molecule has 0 spiro atoms. The minimum Gasteiger partial charge on any atom is -0.0656 e. The zero-order valence-corrected chi connectivity index (χ0v) is 22.9. The second-order valence-corrected chi connectivity index (χ2v) is 9.92. The van der Waals surface area contributed by atoms with Crippen LogP contribution in [0, 0.1) is 23.7 Å². The molecule has 1 aliphatic rings. The average Bonchev–Trinajstić information content (AvgIpc) is 2.64. The molecule has 0 bridgehead atoms. The molecule has 0 aliphatic heterocycles. The Morgan fingerprint density at radius 2 is 1.14 bits per heavy atom. The van der Waals surface area contributed by atoms with Crippen molar-refractivity contribution in [2.45, 2.75) is 166 Å². The zero-order chi connectivity index (χ0) is 22.9. The van der Waals surface area contributed by atoms with E-state index in [9.17, 15) is 0 Å². The fraction of sp³-hybridized carbons (Fsp3) is 1.00. The molecule has 0 radical (unpaired) electrons. The van der Waals surface area contributed by atoms with Crippen molar-refractivity contribution in [2.75, 3.05) is 0 Å². The topological polar surface area (TPSA) is 0 Å². The Balaban J connectivity index is -0.000000344. The van der Waals surface area contributed by atoms with Crippen LogP contribution < -0.4 is 0 Å². The molecule has 0 aromatic carbocycles. The quantitative estimate of drug-likeness (QED) is 0.279. The van der Waals surface area contributed by atoms with Crippen LogP contribution in [-0.2, 0) is 0 Å². The lowest BCUT2D eigenvalue weighted by molar-refractivity contribution is 0.215. The van der Waals surface area contributed by atoms with Crippen LogP contribution >= 0.6 is 0 Å². The van der Waals surface area contributed by atoms with Crippen molar-refractivity contribution in [1.82, 2.24) is 0 Å². The summed E-state index contributed by atoms with van der Waals surface area (Å²) in [7, 11) is 0. The molecule has 0 N–H and O–H groups in total. The Morgan fingerprint density at radius 3 is 1.38 bits per heavy atom. The van der Waals surface area contributed by atoms with E-state index in [0.717, 1.165) is 23.7 Å². The highest BCUT2D eigenvalue weighted by Crippen LogP contribution is 2.34. The van der Waals surface area contributed by atoms with Gasteiger partial charge in [0.15, 0.2) is 0 Å². The maximum atomic E-state index is 2.38. The van der Waals surface area contributed by atoms with Gasteiger partial charge in [-0.2, -0.15) is 0 Å². The number of unbranched alkanes of at least 4 members (excludes halogenated alkanes) is 4. The molecule has 1 rings (SSSR count). The fourth-order valence-corrected chi connectivity index (χ4v) is 3.79. The highest BCUT2D eigenvalue weighted by Gasteiger charge is 2.21. The molecule has 2 unspecified atom stereocenters. The van der Waals surface area contributed by atoms with Crippen LogP contribution in [0.5, 0.6) is 0 Å². The van der Waals surface area contributed by atoms with Gasteiger partial charge in [-0.3, -0.25) is 0 Å². The summed E-state index contributed by atoms with van der Waals surface area (Å²) < 4.78 is 0. The van der Waals surface area contributed by atoms with Crippen LogP contribution in [0.15, 0.2) is 0 Å². The van der Waals surface area contributed by atoms with Crippen molar-refractivity contribution in [1.29, 1.82) is 0 Å². The van der Waals surface area contributed by atoms with Crippen LogP contribution in [-0.4, -0.2) is 0 Å². The minimum atomic E-state index is 0.887. The average molecular weight is 413 g/mol. The zero-order valence-electron chi connectivity index (χ0n) is 22.9. The van der Waals surface area contributed by atoms with E-state index < -0.39 is 0 Å². The lowest BCUT2D eigenvalue weighted by Gasteiger charge is -2.30. The molecule has 180 valence electrons. The normalized spacial score (nSPS) is 15.0. The van der Waals surface area contributed by atoms with E-state index in [1.54, 1.807) is 0 Å². The third-order valence-electron chi connectivity index (χ3n) is 6.02. The van der Waals surface area contributed by atoms with Gasteiger partial charge in [-0.05, 0) is 30.1 Å². The molecule has 29 heavy (non-hydrogen) atoms. The van der Waals surface area contributed by atoms with Crippen molar-refractivity contribution in [3.63, 3.8) is 0 Å². The van der Waals surface area contributed by atoms with Gasteiger partial charge in [-0.15, -0.1) is 0 Å². The molecule has 0 saturated heterocycles. The second kappa shape index (κ2) is 28.0. The largest absolute Gasteiger partial charge is 0.0656 e. The highest BCUT2D eigenvalue weighted by atomic mass is 14.3. The van der Waals surface area contributed by atoms with Gasteiger partial charge in [-0.25, -0.2) is 0 Å². The van der Waals surface area contributed by atoms with E-state index in [1.165, 1.54) is 96.3 Å². The molecule has 2 atom stereocenters. The van der Waals surface area contributed by atoms with Gasteiger partial charge in [0.25, 0.3) is 0 Å². The molecule has 0 nitrogen and oxygen atoms in total. The summed E-state index contributed by atoms with van der Waals surface area (Å²) in [5.74, 6) is 4.00. The van der Waals surface area contributed by atoms with Crippen LogP contribution in [0.3, 0.4) is 0 Å². The van der Waals surface area contributed by atoms with Crippen LogP contribution in [0.25, 0.3) is 0 Å². The molecule has 0 aromatic heterocycles. The third kappa shape index (κ3) is 28.0. The molecule has 1 aliphatic carbocycles. The summed E-state index contributed by atoms with van der Waals surface area (Å²) in [5.41, 5.74) is 0. The standard InChI is InChI=1S/C12H26.C8H16.C6H14.C3H8/c1-5-7-9-12(8-6-2)10-11(3)4;1-3-7(2)8-5-4-6-8;1-3-5-6-4-2;1-3-2/h11-12H,5-10H2,1-4H3;7-8H,3-6H2,1-2H3;3-6H2,1-2H3;3H2,1-2H3. The van der Waals surface area contributed by atoms with Crippen molar-refractivity contribution in [3.05, 3.63) is 0 Å². The van der Waals surface area contributed by atoms with Crippen molar-refractivity contribution >= 4 is 0 Å². The van der Waals surface area contributed by atoms with Gasteiger partial charge in [0.2, 0.25) is 0 Å². The van der Waals surface area contributed by atoms with E-state index >= 15 is 0 Å². The lowest BCUT2D eigenvalue weighted by atomic mass is 9.76. The SMILES string of the molecule is CCC.CCC(C)C1CCC1.CCCCC(CCC)CC(C)C.CCCCCC. The van der Waals surface area contributed by atoms with Gasteiger partial charge in [0.1, 0.15) is 0 Å². The van der Waals surface area contributed by atoms with Crippen LogP contribution in [0.1, 0.15) is 166 Å². The molecule has 0 aromatic rings. The number of rotatable bonds is 12. The summed E-state index contributed by atoms with van der Waals surface area (Å²) in [4.78, 5) is 0. The van der Waals surface area contributed by atoms with Crippen molar-refractivity contribution in [3.8, 4) is 0 Å². The van der Waals surface area contributed by atoms with E-state index in [1.807, 2.05) is 0 Å². The second-order valence-electron chi connectivity index (χ2n) is 9.92. The van der Waals surface area contributed by atoms with E-state index in [4.69, 9.17) is 0 Å². The summed E-state index contributed by atoms with van der Waals surface area (Å²) >= 11 is 0. The minimum absolute atomic E-state index is 0.887. The van der Waals surface area contributed by atoms with Crippen LogP contribution in [0.4, 0.5) is 0 Å². The predicted octanol–water partition coefficient (Wildman–Crippen LogP) is 11.5. The Bertz CT molecular complexity index is 244. The summed E-state index contributed by atoms with van der Waals surface area (Å²) in [6, 6.07) is 0.